The summed E-state index contributed by atoms with van der Waals surface area (Å²) < 4.78 is 1.67. The molecule has 2 aromatic heterocycles. The van der Waals surface area contributed by atoms with Crippen molar-refractivity contribution in [2.24, 2.45) is 0 Å². The average molecular weight is 384 g/mol. The van der Waals surface area contributed by atoms with Crippen LogP contribution in [-0.4, -0.2) is 27.3 Å². The highest BCUT2D eigenvalue weighted by Crippen LogP contribution is 2.34. The minimum absolute atomic E-state index is 0.000137. The van der Waals surface area contributed by atoms with Gasteiger partial charge in [0, 0.05) is 4.88 Å². The second kappa shape index (κ2) is 7.82. The third kappa shape index (κ3) is 3.39. The fourth-order valence-electron chi connectivity index (χ4n) is 3.75. The molecule has 0 aliphatic heterocycles. The third-order valence-corrected chi connectivity index (χ3v) is 6.49. The predicted molar refractivity (Wildman–Crippen MR) is 111 cm³/mol. The highest BCUT2D eigenvalue weighted by molar-refractivity contribution is 7.18. The lowest BCUT2D eigenvalue weighted by atomic mass is 10.1. The number of aromatic nitrogens is 2. The van der Waals surface area contributed by atoms with Gasteiger partial charge in [0.1, 0.15) is 4.83 Å². The number of fused-ring (bicyclic) bond motifs is 3. The first-order chi connectivity index (χ1) is 13.2. The summed E-state index contributed by atoms with van der Waals surface area (Å²) in [5, 5.41) is 13.7. The van der Waals surface area contributed by atoms with E-state index >= 15 is 0 Å². The molecule has 0 spiro atoms. The van der Waals surface area contributed by atoms with Gasteiger partial charge in [0.2, 0.25) is 5.95 Å². The Kier molecular flexibility index (Phi) is 5.27. The Labute approximate surface area is 162 Å². The zero-order valence-corrected chi connectivity index (χ0v) is 16.4. The van der Waals surface area contributed by atoms with E-state index in [1.165, 1.54) is 23.3 Å². The van der Waals surface area contributed by atoms with Crippen molar-refractivity contribution in [3.05, 3.63) is 51.1 Å². The lowest BCUT2D eigenvalue weighted by Gasteiger charge is -2.19. The SMILES string of the molecule is CC[C@@H](CO)Nc1nc2sc3c(c2c(=O)n1-c1ccccc1)CCCCC3. The molecule has 0 saturated heterocycles. The number of nitrogens with zero attached hydrogens (tertiary/aromatic N) is 2. The van der Waals surface area contributed by atoms with Crippen LogP contribution in [0.25, 0.3) is 15.9 Å². The van der Waals surface area contributed by atoms with Crippen molar-refractivity contribution in [1.29, 1.82) is 0 Å². The van der Waals surface area contributed by atoms with Crippen LogP contribution < -0.4 is 10.9 Å². The average Bonchev–Trinajstić information content (AvgIpc) is 2.88. The summed E-state index contributed by atoms with van der Waals surface area (Å²) in [6.45, 7) is 2.00. The molecule has 1 atom stereocenters. The lowest BCUT2D eigenvalue weighted by molar-refractivity contribution is 0.271. The summed E-state index contributed by atoms with van der Waals surface area (Å²) in [6.07, 6.45) is 6.28. The molecule has 2 heterocycles. The number of hydrogen-bond acceptors (Lipinski definition) is 5. The van der Waals surface area contributed by atoms with E-state index in [9.17, 15) is 9.90 Å². The Hall–Kier alpha value is -2.18. The Morgan fingerprint density at radius 1 is 1.22 bits per heavy atom. The van der Waals surface area contributed by atoms with Gasteiger partial charge in [0.25, 0.3) is 5.56 Å². The van der Waals surface area contributed by atoms with Gasteiger partial charge in [-0.2, -0.15) is 0 Å². The second-order valence-corrected chi connectivity index (χ2v) is 8.17. The normalized spacial score (nSPS) is 15.3. The van der Waals surface area contributed by atoms with E-state index in [4.69, 9.17) is 4.98 Å². The van der Waals surface area contributed by atoms with E-state index in [1.54, 1.807) is 15.9 Å². The number of benzene rings is 1. The molecule has 142 valence electrons. The minimum Gasteiger partial charge on any atom is -0.394 e. The molecule has 0 amide bonds. The number of para-hydroxylation sites is 1. The zero-order valence-electron chi connectivity index (χ0n) is 15.6. The van der Waals surface area contributed by atoms with Crippen molar-refractivity contribution < 1.29 is 5.11 Å². The molecule has 0 radical (unpaired) electrons. The van der Waals surface area contributed by atoms with Gasteiger partial charge in [-0.1, -0.05) is 31.5 Å². The summed E-state index contributed by atoms with van der Waals surface area (Å²) in [5.74, 6) is 0.510. The fraction of sp³-hybridized carbons (Fsp3) is 0.429. The van der Waals surface area contributed by atoms with Crippen molar-refractivity contribution in [3.63, 3.8) is 0 Å². The Morgan fingerprint density at radius 2 is 2.00 bits per heavy atom. The largest absolute Gasteiger partial charge is 0.394 e. The van der Waals surface area contributed by atoms with Crippen LogP contribution >= 0.6 is 11.3 Å². The molecule has 1 aliphatic carbocycles. The van der Waals surface area contributed by atoms with Gasteiger partial charge in [0.05, 0.1) is 23.7 Å². The van der Waals surface area contributed by atoms with Crippen LogP contribution in [-0.2, 0) is 12.8 Å². The molecule has 1 aliphatic rings. The van der Waals surface area contributed by atoms with Crippen LogP contribution in [0.2, 0.25) is 0 Å². The van der Waals surface area contributed by atoms with Gasteiger partial charge >= 0.3 is 0 Å². The first-order valence-electron chi connectivity index (χ1n) is 9.73. The van der Waals surface area contributed by atoms with E-state index in [0.29, 0.717) is 5.95 Å². The maximum absolute atomic E-state index is 13.6. The van der Waals surface area contributed by atoms with Gasteiger partial charge in [0.15, 0.2) is 0 Å². The molecule has 0 unspecified atom stereocenters. The standard InChI is InChI=1S/C21H25N3O2S/c1-2-14(13-25)22-21-23-19-18(16-11-7-4-8-12-17(16)27-19)20(26)24(21)15-9-5-3-6-10-15/h3,5-6,9-10,14,25H,2,4,7-8,11-13H2,1H3,(H,22,23)/t14-/m0/s1. The number of thiophene rings is 1. The van der Waals surface area contributed by atoms with E-state index < -0.39 is 0 Å². The highest BCUT2D eigenvalue weighted by atomic mass is 32.1. The highest BCUT2D eigenvalue weighted by Gasteiger charge is 2.22. The number of nitrogens with one attached hydrogen (secondary N) is 1. The molecular weight excluding hydrogens is 358 g/mol. The topological polar surface area (TPSA) is 67.2 Å². The molecule has 6 heteroatoms. The Morgan fingerprint density at radius 3 is 2.74 bits per heavy atom. The lowest BCUT2D eigenvalue weighted by Crippen LogP contribution is -2.30. The number of rotatable bonds is 5. The summed E-state index contributed by atoms with van der Waals surface area (Å²) in [5.41, 5.74) is 1.98. The summed E-state index contributed by atoms with van der Waals surface area (Å²) in [4.78, 5) is 20.6. The smallest absolute Gasteiger partial charge is 0.268 e. The van der Waals surface area contributed by atoms with E-state index in [-0.39, 0.29) is 18.2 Å². The van der Waals surface area contributed by atoms with Gasteiger partial charge in [-0.3, -0.25) is 4.79 Å². The second-order valence-electron chi connectivity index (χ2n) is 7.09. The third-order valence-electron chi connectivity index (χ3n) is 5.30. The number of aliphatic hydroxyl groups excluding tert-OH is 1. The number of hydrogen-bond donors (Lipinski definition) is 2. The van der Waals surface area contributed by atoms with E-state index in [0.717, 1.165) is 41.6 Å². The van der Waals surface area contributed by atoms with Crippen molar-refractivity contribution in [1.82, 2.24) is 9.55 Å². The number of aliphatic hydroxyl groups is 1. The van der Waals surface area contributed by atoms with Crippen LogP contribution in [0.15, 0.2) is 35.1 Å². The van der Waals surface area contributed by atoms with E-state index in [1.807, 2.05) is 37.3 Å². The molecule has 0 bridgehead atoms. The zero-order chi connectivity index (χ0) is 18.8. The van der Waals surface area contributed by atoms with Crippen LogP contribution in [0.3, 0.4) is 0 Å². The van der Waals surface area contributed by atoms with Crippen LogP contribution in [0.5, 0.6) is 0 Å². The van der Waals surface area contributed by atoms with Gasteiger partial charge in [-0.25, -0.2) is 9.55 Å². The summed E-state index contributed by atoms with van der Waals surface area (Å²) in [7, 11) is 0. The van der Waals surface area contributed by atoms with Crippen molar-refractivity contribution in [2.45, 2.75) is 51.5 Å². The van der Waals surface area contributed by atoms with Gasteiger partial charge < -0.3 is 10.4 Å². The maximum atomic E-state index is 13.6. The maximum Gasteiger partial charge on any atom is 0.268 e. The van der Waals surface area contributed by atoms with Crippen LogP contribution in [0.4, 0.5) is 5.95 Å². The van der Waals surface area contributed by atoms with Crippen molar-refractivity contribution >= 4 is 27.5 Å². The molecule has 0 saturated carbocycles. The van der Waals surface area contributed by atoms with Crippen LogP contribution in [0, 0.1) is 0 Å². The molecule has 0 fully saturated rings. The molecule has 1 aromatic carbocycles. The van der Waals surface area contributed by atoms with Crippen molar-refractivity contribution in [3.8, 4) is 5.69 Å². The van der Waals surface area contributed by atoms with Crippen molar-refractivity contribution in [2.75, 3.05) is 11.9 Å². The molecule has 5 nitrogen and oxygen atoms in total. The predicted octanol–water partition coefficient (Wildman–Crippen LogP) is 3.90. The fourth-order valence-corrected chi connectivity index (χ4v) is 5.01. The minimum atomic E-state index is -0.137. The first-order valence-corrected chi connectivity index (χ1v) is 10.5. The van der Waals surface area contributed by atoms with Gasteiger partial charge in [-0.05, 0) is 49.8 Å². The Balaban J connectivity index is 1.96. The number of aryl methyl sites for hydroxylation is 2. The molecule has 4 rings (SSSR count). The molecule has 2 N–H and O–H groups in total. The van der Waals surface area contributed by atoms with Gasteiger partial charge in [-0.15, -0.1) is 11.3 Å². The summed E-state index contributed by atoms with van der Waals surface area (Å²) in [6, 6.07) is 9.49. The summed E-state index contributed by atoms with van der Waals surface area (Å²) >= 11 is 1.66. The first kappa shape index (κ1) is 18.2. The quantitative estimate of drug-likeness (QED) is 0.656. The molecule has 3 aromatic rings. The van der Waals surface area contributed by atoms with Crippen LogP contribution in [0.1, 0.15) is 43.0 Å². The Bertz CT molecular complexity index is 990. The monoisotopic (exact) mass is 383 g/mol. The molecule has 27 heavy (non-hydrogen) atoms. The number of anilines is 1. The van der Waals surface area contributed by atoms with E-state index in [2.05, 4.69) is 5.32 Å². The molecular formula is C21H25N3O2S.